The Labute approximate surface area is 221 Å². The van der Waals surface area contributed by atoms with E-state index >= 15 is 0 Å². The van der Waals surface area contributed by atoms with Crippen LogP contribution in [0.5, 0.6) is 0 Å². The first-order chi connectivity index (χ1) is 17.1. The number of nitrogens with zero attached hydrogens (tertiary/aromatic N) is 2. The number of halogens is 2. The van der Waals surface area contributed by atoms with Crippen LogP contribution in [0.1, 0.15) is 19.4 Å². The Morgan fingerprint density at radius 1 is 0.944 bits per heavy atom. The van der Waals surface area contributed by atoms with Gasteiger partial charge in [-0.1, -0.05) is 65.7 Å². The minimum atomic E-state index is -4.14. The lowest BCUT2D eigenvalue weighted by Crippen LogP contribution is -2.51. The molecule has 1 N–H and O–H groups in total. The van der Waals surface area contributed by atoms with Gasteiger partial charge in [-0.3, -0.25) is 13.9 Å². The predicted molar refractivity (Wildman–Crippen MR) is 143 cm³/mol. The molecule has 10 heteroatoms. The number of rotatable bonds is 10. The van der Waals surface area contributed by atoms with Gasteiger partial charge in [0.25, 0.3) is 10.0 Å². The summed E-state index contributed by atoms with van der Waals surface area (Å²) >= 11 is 12.5. The van der Waals surface area contributed by atoms with E-state index in [2.05, 4.69) is 5.32 Å². The Balaban J connectivity index is 2.03. The van der Waals surface area contributed by atoms with Crippen LogP contribution in [0.2, 0.25) is 10.0 Å². The van der Waals surface area contributed by atoms with Crippen molar-refractivity contribution in [2.75, 3.05) is 17.4 Å². The summed E-state index contributed by atoms with van der Waals surface area (Å²) in [5.41, 5.74) is 0.854. The highest BCUT2D eigenvalue weighted by Gasteiger charge is 2.32. The molecule has 0 aliphatic heterocycles. The Kier molecular flexibility index (Phi) is 9.37. The zero-order valence-corrected chi connectivity index (χ0v) is 22.2. The first-order valence-corrected chi connectivity index (χ1v) is 13.5. The molecule has 1 atom stereocenters. The molecule has 0 aliphatic carbocycles. The lowest BCUT2D eigenvalue weighted by atomic mass is 10.1. The zero-order chi connectivity index (χ0) is 26.3. The maximum Gasteiger partial charge on any atom is 0.264 e. The van der Waals surface area contributed by atoms with Crippen LogP contribution in [0.25, 0.3) is 0 Å². The summed E-state index contributed by atoms with van der Waals surface area (Å²) in [5, 5.41) is 3.46. The van der Waals surface area contributed by atoms with Crippen molar-refractivity contribution in [3.63, 3.8) is 0 Å². The van der Waals surface area contributed by atoms with Gasteiger partial charge in [-0.05, 0) is 55.8 Å². The molecule has 2 amide bonds. The van der Waals surface area contributed by atoms with Crippen LogP contribution in [-0.4, -0.2) is 44.3 Å². The topological polar surface area (TPSA) is 86.8 Å². The predicted octanol–water partition coefficient (Wildman–Crippen LogP) is 4.74. The van der Waals surface area contributed by atoms with Gasteiger partial charge in [0.15, 0.2) is 0 Å². The van der Waals surface area contributed by atoms with Crippen molar-refractivity contribution in [3.05, 3.63) is 94.5 Å². The van der Waals surface area contributed by atoms with Crippen LogP contribution < -0.4 is 9.62 Å². The van der Waals surface area contributed by atoms with Crippen LogP contribution >= 0.6 is 23.2 Å². The minimum absolute atomic E-state index is 0.0194. The number of hydrogen-bond donors (Lipinski definition) is 1. The number of amides is 2. The summed E-state index contributed by atoms with van der Waals surface area (Å²) < 4.78 is 28.3. The Morgan fingerprint density at radius 2 is 1.61 bits per heavy atom. The number of carbonyl (C=O) groups excluding carboxylic acids is 2. The quantitative estimate of drug-likeness (QED) is 0.397. The van der Waals surface area contributed by atoms with Crippen LogP contribution in [0.3, 0.4) is 0 Å². The molecule has 0 bridgehead atoms. The molecule has 0 fully saturated rings. The maximum atomic E-state index is 13.7. The summed E-state index contributed by atoms with van der Waals surface area (Å²) in [6.07, 6.45) is 0. The van der Waals surface area contributed by atoms with Crippen molar-refractivity contribution in [1.82, 2.24) is 10.2 Å². The summed E-state index contributed by atoms with van der Waals surface area (Å²) in [6.45, 7) is 3.22. The van der Waals surface area contributed by atoms with Gasteiger partial charge in [-0.25, -0.2) is 8.42 Å². The van der Waals surface area contributed by atoms with E-state index in [-0.39, 0.29) is 23.0 Å². The molecule has 36 heavy (non-hydrogen) atoms. The molecule has 0 saturated heterocycles. The van der Waals surface area contributed by atoms with E-state index in [1.165, 1.54) is 23.1 Å². The van der Waals surface area contributed by atoms with Gasteiger partial charge < -0.3 is 10.2 Å². The lowest BCUT2D eigenvalue weighted by Gasteiger charge is -2.32. The van der Waals surface area contributed by atoms with E-state index < -0.39 is 28.5 Å². The van der Waals surface area contributed by atoms with E-state index in [9.17, 15) is 18.0 Å². The fraction of sp³-hybridized carbons (Fsp3) is 0.231. The van der Waals surface area contributed by atoms with Gasteiger partial charge in [0.1, 0.15) is 12.6 Å². The molecule has 0 aliphatic rings. The first-order valence-electron chi connectivity index (χ1n) is 11.3. The summed E-state index contributed by atoms with van der Waals surface area (Å²) in [7, 11) is -4.14. The number of anilines is 1. The molecule has 0 aromatic heterocycles. The monoisotopic (exact) mass is 547 g/mol. The third-order valence-corrected chi connectivity index (χ3v) is 7.91. The first kappa shape index (κ1) is 27.5. The lowest BCUT2D eigenvalue weighted by molar-refractivity contribution is -0.139. The van der Waals surface area contributed by atoms with E-state index in [1.807, 2.05) is 0 Å². The van der Waals surface area contributed by atoms with Crippen LogP contribution in [0.4, 0.5) is 5.69 Å². The van der Waals surface area contributed by atoms with Crippen molar-refractivity contribution in [3.8, 4) is 0 Å². The molecular formula is C26H27Cl2N3O4S. The zero-order valence-electron chi connectivity index (χ0n) is 19.9. The second-order valence-electron chi connectivity index (χ2n) is 7.99. The fourth-order valence-electron chi connectivity index (χ4n) is 3.59. The second kappa shape index (κ2) is 12.3. The van der Waals surface area contributed by atoms with Crippen LogP contribution in [0, 0.1) is 0 Å². The molecule has 3 aromatic carbocycles. The number of likely N-dealkylation sites (N-methyl/N-ethyl adjacent to an activating group) is 1. The average Bonchev–Trinajstić information content (AvgIpc) is 2.86. The minimum Gasteiger partial charge on any atom is -0.355 e. The molecule has 190 valence electrons. The van der Waals surface area contributed by atoms with Crippen molar-refractivity contribution in [1.29, 1.82) is 0 Å². The number of benzene rings is 3. The highest BCUT2D eigenvalue weighted by atomic mass is 35.5. The molecule has 7 nitrogen and oxygen atoms in total. The Morgan fingerprint density at radius 3 is 2.25 bits per heavy atom. The molecule has 3 aromatic rings. The van der Waals surface area contributed by atoms with E-state index in [0.717, 1.165) is 4.31 Å². The van der Waals surface area contributed by atoms with Gasteiger partial charge >= 0.3 is 0 Å². The molecule has 0 saturated carbocycles. The van der Waals surface area contributed by atoms with Gasteiger partial charge in [0.05, 0.1) is 10.6 Å². The maximum absolute atomic E-state index is 13.7. The normalized spacial score (nSPS) is 12.0. The third-order valence-electron chi connectivity index (χ3n) is 5.52. The van der Waals surface area contributed by atoms with Crippen molar-refractivity contribution < 1.29 is 18.0 Å². The van der Waals surface area contributed by atoms with E-state index in [0.29, 0.717) is 22.2 Å². The second-order valence-corrected chi connectivity index (χ2v) is 10.7. The van der Waals surface area contributed by atoms with Gasteiger partial charge in [-0.15, -0.1) is 0 Å². The van der Waals surface area contributed by atoms with Crippen LogP contribution in [-0.2, 0) is 26.2 Å². The summed E-state index contributed by atoms with van der Waals surface area (Å²) in [4.78, 5) is 27.8. The number of carbonyl (C=O) groups is 2. The Bertz CT molecular complexity index is 1320. The molecule has 1 unspecified atom stereocenters. The molecule has 0 radical (unpaired) electrons. The largest absolute Gasteiger partial charge is 0.355 e. The molecular weight excluding hydrogens is 521 g/mol. The van der Waals surface area contributed by atoms with E-state index in [1.54, 1.807) is 74.5 Å². The molecule has 0 heterocycles. The van der Waals surface area contributed by atoms with Crippen molar-refractivity contribution in [2.24, 2.45) is 0 Å². The SMILES string of the molecule is CCNC(=O)C(C)N(Cc1ccccc1Cl)C(=O)CN(c1cccc(Cl)c1)S(=O)(=O)c1ccccc1. The van der Waals surface area contributed by atoms with Gasteiger partial charge in [0.2, 0.25) is 11.8 Å². The number of sulfonamides is 1. The highest BCUT2D eigenvalue weighted by Crippen LogP contribution is 2.27. The molecule has 0 spiro atoms. The molecule has 3 rings (SSSR count). The van der Waals surface area contributed by atoms with Gasteiger partial charge in [0, 0.05) is 23.1 Å². The highest BCUT2D eigenvalue weighted by molar-refractivity contribution is 7.92. The smallest absolute Gasteiger partial charge is 0.264 e. The van der Waals surface area contributed by atoms with Crippen molar-refractivity contribution >= 4 is 50.7 Å². The van der Waals surface area contributed by atoms with E-state index in [4.69, 9.17) is 23.2 Å². The van der Waals surface area contributed by atoms with Gasteiger partial charge in [-0.2, -0.15) is 0 Å². The summed E-state index contributed by atoms with van der Waals surface area (Å²) in [6, 6.07) is 20.2. The average molecular weight is 548 g/mol. The number of nitrogens with one attached hydrogen (secondary N) is 1. The Hall–Kier alpha value is -3.07. The fourth-order valence-corrected chi connectivity index (χ4v) is 5.40. The standard InChI is InChI=1S/C26H27Cl2N3O4S/c1-3-29-26(33)19(2)30(17-20-10-7-8-15-24(20)28)25(32)18-31(22-12-9-11-21(27)16-22)36(34,35)23-13-5-4-6-14-23/h4-16,19H,3,17-18H2,1-2H3,(H,29,33). The number of hydrogen-bond acceptors (Lipinski definition) is 4. The van der Waals surface area contributed by atoms with Crippen molar-refractivity contribution in [2.45, 2.75) is 31.3 Å². The third kappa shape index (κ3) is 6.57. The van der Waals surface area contributed by atoms with Crippen LogP contribution in [0.15, 0.2) is 83.8 Å². The summed E-state index contributed by atoms with van der Waals surface area (Å²) in [5.74, 6) is -0.939.